The fraction of sp³-hybridized carbons (Fsp3) is 0.174. The first-order valence-electron chi connectivity index (χ1n) is 10.3. The highest BCUT2D eigenvalue weighted by Crippen LogP contribution is 2.22. The molecule has 2 aromatic heterocycles. The summed E-state index contributed by atoms with van der Waals surface area (Å²) in [6, 6.07) is 13.8. The van der Waals surface area contributed by atoms with Gasteiger partial charge in [-0.05, 0) is 37.3 Å². The van der Waals surface area contributed by atoms with Crippen LogP contribution in [0.25, 0.3) is 22.1 Å². The molecular formula is C23H20ClN5O4. The number of carbonyl (C=O) groups is 2. The standard InChI is InChI=1S/C23H20ClN5O4/c1-2-29-23(32)17-6-4-3-5-16(17)21(28-29)22(31)27-26-19(30)11-12-20-25-13-18(33-20)14-7-9-15(24)10-8-14/h3-10,13H,2,11-12H2,1H3,(H,26,30)(H,27,31). The summed E-state index contributed by atoms with van der Waals surface area (Å²) >= 11 is 5.89. The largest absolute Gasteiger partial charge is 0.441 e. The van der Waals surface area contributed by atoms with Crippen molar-refractivity contribution in [2.75, 3.05) is 0 Å². The van der Waals surface area contributed by atoms with Crippen molar-refractivity contribution in [3.8, 4) is 11.3 Å². The Hall–Kier alpha value is -3.98. The molecule has 0 aliphatic carbocycles. The first-order chi connectivity index (χ1) is 16.0. The first-order valence-corrected chi connectivity index (χ1v) is 10.6. The van der Waals surface area contributed by atoms with Crippen molar-refractivity contribution < 1.29 is 14.0 Å². The lowest BCUT2D eigenvalue weighted by Gasteiger charge is -2.10. The fourth-order valence-electron chi connectivity index (χ4n) is 3.26. The third-order valence-corrected chi connectivity index (χ3v) is 5.20. The average Bonchev–Trinajstić information content (AvgIpc) is 3.31. The Kier molecular flexibility index (Phi) is 6.50. The highest BCUT2D eigenvalue weighted by molar-refractivity contribution is 6.30. The third-order valence-electron chi connectivity index (χ3n) is 4.95. The Bertz CT molecular complexity index is 1380. The summed E-state index contributed by atoms with van der Waals surface area (Å²) in [4.78, 5) is 41.5. The van der Waals surface area contributed by atoms with Crippen molar-refractivity contribution in [1.82, 2.24) is 25.6 Å². The lowest BCUT2D eigenvalue weighted by atomic mass is 10.1. The van der Waals surface area contributed by atoms with E-state index in [9.17, 15) is 14.4 Å². The molecule has 10 heteroatoms. The maximum Gasteiger partial charge on any atom is 0.290 e. The van der Waals surface area contributed by atoms with Crippen LogP contribution in [0.15, 0.2) is 63.9 Å². The maximum atomic E-state index is 12.7. The number of nitrogens with zero attached hydrogens (tertiary/aromatic N) is 3. The van der Waals surface area contributed by atoms with Gasteiger partial charge < -0.3 is 4.42 Å². The number of hydrazine groups is 1. The fourth-order valence-corrected chi connectivity index (χ4v) is 3.39. The number of halogens is 1. The topological polar surface area (TPSA) is 119 Å². The molecule has 0 spiro atoms. The number of rotatable bonds is 6. The number of carbonyl (C=O) groups excluding carboxylic acids is 2. The van der Waals surface area contributed by atoms with Crippen LogP contribution in [0.2, 0.25) is 5.02 Å². The number of amides is 2. The zero-order chi connectivity index (χ0) is 23.4. The molecule has 0 saturated heterocycles. The van der Waals surface area contributed by atoms with Gasteiger partial charge in [-0.15, -0.1) is 0 Å². The molecule has 0 radical (unpaired) electrons. The Morgan fingerprint density at radius 3 is 2.52 bits per heavy atom. The van der Waals surface area contributed by atoms with E-state index >= 15 is 0 Å². The zero-order valence-corrected chi connectivity index (χ0v) is 18.4. The minimum atomic E-state index is -0.622. The van der Waals surface area contributed by atoms with E-state index in [-0.39, 0.29) is 24.1 Å². The molecule has 0 saturated carbocycles. The molecule has 33 heavy (non-hydrogen) atoms. The summed E-state index contributed by atoms with van der Waals surface area (Å²) in [6.45, 7) is 2.07. The molecule has 0 bridgehead atoms. The molecule has 0 fully saturated rings. The Morgan fingerprint density at radius 2 is 1.79 bits per heavy atom. The number of hydrogen-bond donors (Lipinski definition) is 2. The van der Waals surface area contributed by atoms with E-state index in [2.05, 4.69) is 20.9 Å². The van der Waals surface area contributed by atoms with Crippen LogP contribution in [0, 0.1) is 0 Å². The molecule has 4 rings (SSSR count). The normalized spacial score (nSPS) is 10.8. The molecule has 168 valence electrons. The molecule has 2 amide bonds. The summed E-state index contributed by atoms with van der Waals surface area (Å²) in [7, 11) is 0. The van der Waals surface area contributed by atoms with Gasteiger partial charge in [-0.3, -0.25) is 25.2 Å². The van der Waals surface area contributed by atoms with Crippen LogP contribution in [0.4, 0.5) is 0 Å². The molecule has 2 aromatic carbocycles. The first kappa shape index (κ1) is 22.2. The Balaban J connectivity index is 1.37. The van der Waals surface area contributed by atoms with Crippen molar-refractivity contribution in [3.05, 3.63) is 81.7 Å². The van der Waals surface area contributed by atoms with E-state index < -0.39 is 11.8 Å². The van der Waals surface area contributed by atoms with Crippen LogP contribution < -0.4 is 16.4 Å². The van der Waals surface area contributed by atoms with E-state index in [1.807, 2.05) is 12.1 Å². The van der Waals surface area contributed by atoms with Crippen molar-refractivity contribution in [2.45, 2.75) is 26.3 Å². The van der Waals surface area contributed by atoms with Crippen LogP contribution in [0.3, 0.4) is 0 Å². The number of aryl methyl sites for hydroxylation is 2. The molecule has 4 aromatic rings. The highest BCUT2D eigenvalue weighted by Gasteiger charge is 2.17. The van der Waals surface area contributed by atoms with E-state index in [0.29, 0.717) is 34.0 Å². The minimum absolute atomic E-state index is 0.0451. The summed E-state index contributed by atoms with van der Waals surface area (Å²) in [5.74, 6) is -0.0888. The second-order valence-corrected chi connectivity index (χ2v) is 7.58. The molecule has 0 aliphatic rings. The summed E-state index contributed by atoms with van der Waals surface area (Å²) < 4.78 is 6.88. The zero-order valence-electron chi connectivity index (χ0n) is 17.7. The van der Waals surface area contributed by atoms with E-state index in [0.717, 1.165) is 5.56 Å². The molecule has 0 atom stereocenters. The maximum absolute atomic E-state index is 12.7. The smallest absolute Gasteiger partial charge is 0.290 e. The second kappa shape index (κ2) is 9.66. The molecule has 0 unspecified atom stereocenters. The number of hydrogen-bond acceptors (Lipinski definition) is 6. The Labute approximate surface area is 193 Å². The van der Waals surface area contributed by atoms with Gasteiger partial charge >= 0.3 is 0 Å². The van der Waals surface area contributed by atoms with Gasteiger partial charge in [-0.1, -0.05) is 29.8 Å². The van der Waals surface area contributed by atoms with Crippen LogP contribution in [-0.2, 0) is 17.8 Å². The summed E-state index contributed by atoms with van der Waals surface area (Å²) in [5, 5.41) is 5.55. The summed E-state index contributed by atoms with van der Waals surface area (Å²) in [6.07, 6.45) is 1.87. The van der Waals surface area contributed by atoms with E-state index in [1.54, 1.807) is 49.5 Å². The van der Waals surface area contributed by atoms with E-state index in [1.165, 1.54) is 4.68 Å². The predicted octanol–water partition coefficient (Wildman–Crippen LogP) is 3.12. The number of benzene rings is 2. The monoisotopic (exact) mass is 465 g/mol. The summed E-state index contributed by atoms with van der Waals surface area (Å²) in [5.41, 5.74) is 5.31. The lowest BCUT2D eigenvalue weighted by Crippen LogP contribution is -2.42. The quantitative estimate of drug-likeness (QED) is 0.422. The highest BCUT2D eigenvalue weighted by atomic mass is 35.5. The van der Waals surface area contributed by atoms with Gasteiger partial charge in [-0.2, -0.15) is 5.10 Å². The Morgan fingerprint density at radius 1 is 1.06 bits per heavy atom. The van der Waals surface area contributed by atoms with Crippen LogP contribution in [-0.4, -0.2) is 26.6 Å². The van der Waals surface area contributed by atoms with Gasteiger partial charge in [0.05, 0.1) is 11.6 Å². The third kappa shape index (κ3) is 4.93. The second-order valence-electron chi connectivity index (χ2n) is 7.14. The van der Waals surface area contributed by atoms with Gasteiger partial charge in [-0.25, -0.2) is 9.67 Å². The number of nitrogens with one attached hydrogen (secondary N) is 2. The van der Waals surface area contributed by atoms with Crippen molar-refractivity contribution in [1.29, 1.82) is 0 Å². The van der Waals surface area contributed by atoms with E-state index in [4.69, 9.17) is 16.0 Å². The average molecular weight is 466 g/mol. The molecule has 2 heterocycles. The number of oxazole rings is 1. The van der Waals surface area contributed by atoms with Crippen LogP contribution in [0.5, 0.6) is 0 Å². The van der Waals surface area contributed by atoms with Gasteiger partial charge in [0.2, 0.25) is 5.91 Å². The van der Waals surface area contributed by atoms with Gasteiger partial charge in [0.15, 0.2) is 17.3 Å². The number of aromatic nitrogens is 3. The van der Waals surface area contributed by atoms with Crippen molar-refractivity contribution >= 4 is 34.2 Å². The van der Waals surface area contributed by atoms with Crippen LogP contribution >= 0.6 is 11.6 Å². The lowest BCUT2D eigenvalue weighted by molar-refractivity contribution is -0.121. The van der Waals surface area contributed by atoms with Gasteiger partial charge in [0.25, 0.3) is 11.5 Å². The van der Waals surface area contributed by atoms with Crippen LogP contribution in [0.1, 0.15) is 29.7 Å². The SMILES string of the molecule is CCn1nc(C(=O)NNC(=O)CCc2ncc(-c3ccc(Cl)cc3)o2)c2ccccc2c1=O. The minimum Gasteiger partial charge on any atom is -0.441 e. The van der Waals surface area contributed by atoms with Crippen molar-refractivity contribution in [3.63, 3.8) is 0 Å². The molecule has 0 aliphatic heterocycles. The van der Waals surface area contributed by atoms with Gasteiger partial charge in [0, 0.05) is 35.4 Å². The molecular weight excluding hydrogens is 446 g/mol. The molecule has 2 N–H and O–H groups in total. The van der Waals surface area contributed by atoms with Gasteiger partial charge in [0.1, 0.15) is 0 Å². The van der Waals surface area contributed by atoms with Crippen molar-refractivity contribution in [2.24, 2.45) is 0 Å². The number of fused-ring (bicyclic) bond motifs is 1. The molecule has 9 nitrogen and oxygen atoms in total. The predicted molar refractivity (Wildman–Crippen MR) is 123 cm³/mol.